The molecule has 53 valence electrons. The van der Waals surface area contributed by atoms with Crippen molar-refractivity contribution in [1.82, 2.24) is 11.3 Å². The van der Waals surface area contributed by atoms with Crippen LogP contribution in [0.15, 0.2) is 0 Å². The lowest BCUT2D eigenvalue weighted by molar-refractivity contribution is -0.118. The first-order valence-corrected chi connectivity index (χ1v) is 2.95. The van der Waals surface area contributed by atoms with Crippen molar-refractivity contribution in [1.29, 1.82) is 0 Å². The highest BCUT2D eigenvalue weighted by Gasteiger charge is 1.91. The van der Waals surface area contributed by atoms with E-state index in [1.54, 1.807) is 0 Å². The number of primary amides is 1. The first kappa shape index (κ1) is 8.39. The second-order valence-corrected chi connectivity index (χ2v) is 1.85. The Hall–Kier alpha value is -0.610. The third kappa shape index (κ3) is 7.39. The van der Waals surface area contributed by atoms with Crippen LogP contribution in [0.4, 0.5) is 0 Å². The summed E-state index contributed by atoms with van der Waals surface area (Å²) in [7, 11) is 0. The van der Waals surface area contributed by atoms with E-state index in [-0.39, 0.29) is 5.91 Å². The molecule has 0 aromatic carbocycles. The molecular formula is C5H12N3O. The summed E-state index contributed by atoms with van der Waals surface area (Å²) < 4.78 is 0. The van der Waals surface area contributed by atoms with Crippen LogP contribution in [-0.4, -0.2) is 12.5 Å². The highest BCUT2D eigenvalue weighted by atomic mass is 16.1. The van der Waals surface area contributed by atoms with Gasteiger partial charge in [0.1, 0.15) is 0 Å². The predicted octanol–water partition coefficient (Wildman–Crippen LogP) is -0.571. The van der Waals surface area contributed by atoms with Gasteiger partial charge in [0.2, 0.25) is 5.91 Å². The van der Waals surface area contributed by atoms with Gasteiger partial charge in [0.05, 0.1) is 0 Å². The molecule has 0 bridgehead atoms. The fraction of sp³-hybridized carbons (Fsp3) is 0.800. The van der Waals surface area contributed by atoms with Crippen molar-refractivity contribution in [2.24, 2.45) is 5.73 Å². The average molecular weight is 130 g/mol. The maximum atomic E-state index is 10.1. The molecule has 0 aliphatic rings. The minimum atomic E-state index is -0.264. The summed E-state index contributed by atoms with van der Waals surface area (Å²) in [6.45, 7) is 0.632. The number of unbranched alkanes of at least 4 members (excludes halogenated alkanes) is 1. The summed E-state index contributed by atoms with van der Waals surface area (Å²) in [6.07, 6.45) is 2.05. The third-order valence-corrected chi connectivity index (χ3v) is 0.975. The number of nitrogens with one attached hydrogen (secondary N) is 2. The number of hydrogen-bond donors (Lipinski definition) is 2. The molecule has 0 aromatic rings. The Balaban J connectivity index is 2.83. The van der Waals surface area contributed by atoms with Gasteiger partial charge in [-0.3, -0.25) is 4.79 Å². The molecule has 9 heavy (non-hydrogen) atoms. The second kappa shape index (κ2) is 5.53. The van der Waals surface area contributed by atoms with Gasteiger partial charge >= 0.3 is 0 Å². The van der Waals surface area contributed by atoms with Crippen LogP contribution in [0.2, 0.25) is 0 Å². The number of carbonyl (C=O) groups is 1. The fourth-order valence-electron chi connectivity index (χ4n) is 0.513. The van der Waals surface area contributed by atoms with E-state index in [9.17, 15) is 4.79 Å². The molecule has 0 atom stereocenters. The molecule has 0 saturated carbocycles. The molecule has 4 nitrogen and oxygen atoms in total. The molecule has 0 aliphatic heterocycles. The average Bonchev–Trinajstić information content (AvgIpc) is 1.80. The van der Waals surface area contributed by atoms with Crippen molar-refractivity contribution in [3.05, 3.63) is 0 Å². The van der Waals surface area contributed by atoms with Gasteiger partial charge in [-0.15, -0.1) is 0 Å². The maximum absolute atomic E-state index is 10.1. The van der Waals surface area contributed by atoms with E-state index in [0.29, 0.717) is 13.0 Å². The molecule has 0 aliphatic carbocycles. The number of carbonyl (C=O) groups excluding carboxylic acids is 1. The van der Waals surface area contributed by atoms with Crippen molar-refractivity contribution in [2.45, 2.75) is 19.3 Å². The topological polar surface area (TPSA) is 78.9 Å². The lowest BCUT2D eigenvalue weighted by Crippen LogP contribution is -2.13. The van der Waals surface area contributed by atoms with E-state index in [1.807, 2.05) is 0 Å². The van der Waals surface area contributed by atoms with Crippen LogP contribution in [-0.2, 0) is 4.79 Å². The Morgan fingerprint density at radius 3 is 2.67 bits per heavy atom. The summed E-state index contributed by atoms with van der Waals surface area (Å²) in [5, 5.41) is 0. The van der Waals surface area contributed by atoms with Crippen molar-refractivity contribution >= 4 is 5.91 Å². The zero-order valence-electron chi connectivity index (χ0n) is 5.31. The standard InChI is InChI=1S/C5H12N3O/c6-5(9)3-1-2-4-8-7/h7-8H,1-4H2,(H2,6,9). The Kier molecular flexibility index (Phi) is 5.15. The first-order valence-electron chi connectivity index (χ1n) is 2.95. The van der Waals surface area contributed by atoms with Gasteiger partial charge < -0.3 is 5.73 Å². The van der Waals surface area contributed by atoms with Crippen LogP contribution in [0.1, 0.15) is 19.3 Å². The summed E-state index contributed by atoms with van der Waals surface area (Å²) in [4.78, 5) is 10.1. The highest BCUT2D eigenvalue weighted by molar-refractivity contribution is 5.73. The molecule has 4 heteroatoms. The molecule has 0 saturated heterocycles. The second-order valence-electron chi connectivity index (χ2n) is 1.85. The molecule has 0 spiro atoms. The van der Waals surface area contributed by atoms with E-state index in [4.69, 9.17) is 11.6 Å². The molecule has 0 fully saturated rings. The molecule has 4 N–H and O–H groups in total. The Morgan fingerprint density at radius 2 is 2.22 bits per heavy atom. The van der Waals surface area contributed by atoms with Crippen molar-refractivity contribution in [3.63, 3.8) is 0 Å². The quantitative estimate of drug-likeness (QED) is 0.386. The molecule has 0 unspecified atom stereocenters. The van der Waals surface area contributed by atoms with E-state index >= 15 is 0 Å². The Labute approximate surface area is 54.6 Å². The summed E-state index contributed by atoms with van der Waals surface area (Å²) in [5.41, 5.74) is 7.11. The number of nitrogens with two attached hydrogens (primary N) is 1. The summed E-state index contributed by atoms with van der Waals surface area (Å²) >= 11 is 0. The monoisotopic (exact) mass is 130 g/mol. The maximum Gasteiger partial charge on any atom is 0.217 e. The molecule has 1 radical (unpaired) electrons. The zero-order chi connectivity index (χ0) is 7.11. The van der Waals surface area contributed by atoms with Crippen LogP contribution >= 0.6 is 0 Å². The van der Waals surface area contributed by atoms with E-state index in [0.717, 1.165) is 12.8 Å². The number of rotatable bonds is 5. The normalized spacial score (nSPS) is 9.44. The van der Waals surface area contributed by atoms with Crippen molar-refractivity contribution in [3.8, 4) is 0 Å². The van der Waals surface area contributed by atoms with Gasteiger partial charge in [-0.25, -0.2) is 5.43 Å². The zero-order valence-corrected chi connectivity index (χ0v) is 5.31. The van der Waals surface area contributed by atoms with Gasteiger partial charge in [0, 0.05) is 13.0 Å². The van der Waals surface area contributed by atoms with Crippen molar-refractivity contribution in [2.75, 3.05) is 6.54 Å². The smallest absolute Gasteiger partial charge is 0.217 e. The lowest BCUT2D eigenvalue weighted by Gasteiger charge is -1.94. The molecule has 0 rings (SSSR count). The van der Waals surface area contributed by atoms with Gasteiger partial charge in [-0.05, 0) is 12.8 Å². The molecule has 0 aromatic heterocycles. The lowest BCUT2D eigenvalue weighted by atomic mass is 10.2. The van der Waals surface area contributed by atoms with Gasteiger partial charge in [-0.1, -0.05) is 0 Å². The Bertz CT molecular complexity index is 84.3. The SMILES string of the molecule is [NH]NCCCCC(N)=O. The van der Waals surface area contributed by atoms with E-state index < -0.39 is 0 Å². The van der Waals surface area contributed by atoms with Crippen LogP contribution in [0.25, 0.3) is 0 Å². The highest BCUT2D eigenvalue weighted by Crippen LogP contribution is 1.90. The fourth-order valence-corrected chi connectivity index (χ4v) is 0.513. The summed E-state index contributed by atoms with van der Waals surface area (Å²) in [5.74, 6) is 6.26. The summed E-state index contributed by atoms with van der Waals surface area (Å²) in [6, 6.07) is 0. The van der Waals surface area contributed by atoms with Gasteiger partial charge in [0.25, 0.3) is 0 Å². The van der Waals surface area contributed by atoms with Gasteiger partial charge in [0.15, 0.2) is 0 Å². The predicted molar refractivity (Wildman–Crippen MR) is 34.1 cm³/mol. The van der Waals surface area contributed by atoms with E-state index in [1.165, 1.54) is 0 Å². The first-order chi connectivity index (χ1) is 4.27. The number of hydrogen-bond acceptors (Lipinski definition) is 2. The van der Waals surface area contributed by atoms with E-state index in [2.05, 4.69) is 5.43 Å². The minimum absolute atomic E-state index is 0.264. The Morgan fingerprint density at radius 1 is 1.56 bits per heavy atom. The molecule has 1 amide bonds. The minimum Gasteiger partial charge on any atom is -0.370 e. The van der Waals surface area contributed by atoms with Crippen molar-refractivity contribution < 1.29 is 4.79 Å². The van der Waals surface area contributed by atoms with Gasteiger partial charge in [-0.2, -0.15) is 5.84 Å². The third-order valence-electron chi connectivity index (χ3n) is 0.975. The van der Waals surface area contributed by atoms with Crippen LogP contribution < -0.4 is 17.0 Å². The number of amides is 1. The molecule has 0 heterocycles. The van der Waals surface area contributed by atoms with Crippen LogP contribution in [0.3, 0.4) is 0 Å². The molecular weight excluding hydrogens is 118 g/mol. The van der Waals surface area contributed by atoms with Crippen LogP contribution in [0.5, 0.6) is 0 Å². The largest absolute Gasteiger partial charge is 0.370 e. The van der Waals surface area contributed by atoms with Crippen LogP contribution in [0, 0.1) is 0 Å².